The van der Waals surface area contributed by atoms with Crippen molar-refractivity contribution in [2.24, 2.45) is 5.10 Å². The third-order valence-corrected chi connectivity index (χ3v) is 3.80. The molecule has 0 amide bonds. The predicted octanol–water partition coefficient (Wildman–Crippen LogP) is 5.22. The highest BCUT2D eigenvalue weighted by Gasteiger charge is 2.11. The van der Waals surface area contributed by atoms with Crippen molar-refractivity contribution in [1.82, 2.24) is 0 Å². The van der Waals surface area contributed by atoms with Crippen LogP contribution in [0.4, 0.5) is 11.4 Å². The molecule has 0 aromatic heterocycles. The molecule has 0 saturated carbocycles. The van der Waals surface area contributed by atoms with Gasteiger partial charge in [0.25, 0.3) is 0 Å². The van der Waals surface area contributed by atoms with Gasteiger partial charge in [0.2, 0.25) is 0 Å². The second-order valence-corrected chi connectivity index (χ2v) is 5.84. The Morgan fingerprint density at radius 2 is 1.91 bits per heavy atom. The van der Waals surface area contributed by atoms with E-state index in [1.807, 2.05) is 42.3 Å². The molecule has 2 aromatic carbocycles. The van der Waals surface area contributed by atoms with Crippen molar-refractivity contribution < 1.29 is 0 Å². The standard InChI is InChI=1S/C17H19Cl2N3/c1-3-10-22(17-7-5-4-6-15(17)19)21-12(2)14-11-13(18)8-9-16(14)20/h4-9,11H,3,10,20H2,1-2H3/b21-12+. The second-order valence-electron chi connectivity index (χ2n) is 4.99. The quantitative estimate of drug-likeness (QED) is 0.462. The van der Waals surface area contributed by atoms with Crippen LogP contribution in [0, 0.1) is 0 Å². The van der Waals surface area contributed by atoms with Crippen LogP contribution in [-0.2, 0) is 0 Å². The third-order valence-electron chi connectivity index (χ3n) is 3.24. The highest BCUT2D eigenvalue weighted by molar-refractivity contribution is 6.33. The first-order valence-corrected chi connectivity index (χ1v) is 7.91. The van der Waals surface area contributed by atoms with Gasteiger partial charge in [0, 0.05) is 22.8 Å². The lowest BCUT2D eigenvalue weighted by molar-refractivity contribution is 0.806. The largest absolute Gasteiger partial charge is 0.398 e. The Bertz CT molecular complexity index is 683. The number of para-hydroxylation sites is 1. The van der Waals surface area contributed by atoms with E-state index in [-0.39, 0.29) is 0 Å². The van der Waals surface area contributed by atoms with Crippen LogP contribution in [0.3, 0.4) is 0 Å². The molecular weight excluding hydrogens is 317 g/mol. The average Bonchev–Trinajstić information content (AvgIpc) is 2.49. The Labute approximate surface area is 141 Å². The third kappa shape index (κ3) is 3.93. The molecule has 0 unspecified atom stereocenters. The number of hydrogen-bond acceptors (Lipinski definition) is 3. The Balaban J connectivity index is 2.41. The van der Waals surface area contributed by atoms with Crippen LogP contribution in [0.2, 0.25) is 10.0 Å². The number of nitrogens with two attached hydrogens (primary N) is 1. The number of rotatable bonds is 5. The number of anilines is 2. The van der Waals surface area contributed by atoms with E-state index in [1.54, 1.807) is 12.1 Å². The van der Waals surface area contributed by atoms with E-state index in [4.69, 9.17) is 34.0 Å². The molecule has 0 heterocycles. The van der Waals surface area contributed by atoms with E-state index < -0.39 is 0 Å². The van der Waals surface area contributed by atoms with Crippen LogP contribution in [0.25, 0.3) is 0 Å². The summed E-state index contributed by atoms with van der Waals surface area (Å²) in [4.78, 5) is 0. The van der Waals surface area contributed by atoms with Crippen molar-refractivity contribution in [1.29, 1.82) is 0 Å². The Morgan fingerprint density at radius 1 is 1.18 bits per heavy atom. The zero-order valence-corrected chi connectivity index (χ0v) is 14.2. The lowest BCUT2D eigenvalue weighted by Crippen LogP contribution is -2.20. The summed E-state index contributed by atoms with van der Waals surface area (Å²) in [5, 5.41) is 7.91. The first kappa shape index (κ1) is 16.7. The van der Waals surface area contributed by atoms with Gasteiger partial charge in [0.1, 0.15) is 0 Å². The highest BCUT2D eigenvalue weighted by atomic mass is 35.5. The molecule has 0 atom stereocenters. The van der Waals surface area contributed by atoms with Crippen LogP contribution in [0.5, 0.6) is 0 Å². The lowest BCUT2D eigenvalue weighted by Gasteiger charge is -2.21. The summed E-state index contributed by atoms with van der Waals surface area (Å²) in [6, 6.07) is 13.0. The topological polar surface area (TPSA) is 41.6 Å². The van der Waals surface area contributed by atoms with E-state index in [0.717, 1.165) is 29.9 Å². The van der Waals surface area contributed by atoms with Gasteiger partial charge in [0.15, 0.2) is 0 Å². The molecular formula is C17H19Cl2N3. The second kappa shape index (κ2) is 7.52. The van der Waals surface area contributed by atoms with Gasteiger partial charge in [0.05, 0.1) is 16.4 Å². The summed E-state index contributed by atoms with van der Waals surface area (Å²) in [5.41, 5.74) is 9.19. The summed E-state index contributed by atoms with van der Waals surface area (Å²) < 4.78 is 0. The normalized spacial score (nSPS) is 11.5. The average molecular weight is 336 g/mol. The molecule has 0 bridgehead atoms. The molecule has 0 spiro atoms. The van der Waals surface area contributed by atoms with Crippen molar-refractivity contribution in [3.63, 3.8) is 0 Å². The molecule has 22 heavy (non-hydrogen) atoms. The van der Waals surface area contributed by atoms with E-state index in [9.17, 15) is 0 Å². The Kier molecular flexibility index (Phi) is 5.69. The zero-order chi connectivity index (χ0) is 16.1. The number of benzene rings is 2. The maximum absolute atomic E-state index is 6.28. The molecule has 0 fully saturated rings. The molecule has 2 aromatic rings. The first-order chi connectivity index (χ1) is 10.5. The Morgan fingerprint density at radius 3 is 2.59 bits per heavy atom. The maximum atomic E-state index is 6.28. The van der Waals surface area contributed by atoms with E-state index in [2.05, 4.69) is 6.92 Å². The van der Waals surface area contributed by atoms with Crippen molar-refractivity contribution in [3.8, 4) is 0 Å². The molecule has 116 valence electrons. The lowest BCUT2D eigenvalue weighted by atomic mass is 10.1. The van der Waals surface area contributed by atoms with Crippen LogP contribution in [0.15, 0.2) is 47.6 Å². The van der Waals surface area contributed by atoms with Crippen molar-refractivity contribution >= 4 is 40.3 Å². The zero-order valence-electron chi connectivity index (χ0n) is 12.7. The molecule has 0 aliphatic heterocycles. The number of hydrazone groups is 1. The molecule has 2 N–H and O–H groups in total. The SMILES string of the molecule is CCCN(/N=C(\C)c1cc(Cl)ccc1N)c1ccccc1Cl. The minimum Gasteiger partial charge on any atom is -0.398 e. The first-order valence-electron chi connectivity index (χ1n) is 7.15. The summed E-state index contributed by atoms with van der Waals surface area (Å²) in [6.07, 6.45) is 0.951. The molecule has 0 radical (unpaired) electrons. The minimum atomic E-state index is 0.638. The van der Waals surface area contributed by atoms with Crippen LogP contribution < -0.4 is 10.7 Å². The minimum absolute atomic E-state index is 0.638. The number of halogens is 2. The molecule has 0 aliphatic carbocycles. The molecule has 2 rings (SSSR count). The fourth-order valence-corrected chi connectivity index (χ4v) is 2.58. The maximum Gasteiger partial charge on any atom is 0.0780 e. The highest BCUT2D eigenvalue weighted by Crippen LogP contribution is 2.27. The number of nitrogens with zero attached hydrogens (tertiary/aromatic N) is 2. The summed E-state index contributed by atoms with van der Waals surface area (Å²) in [5.74, 6) is 0. The fourth-order valence-electron chi connectivity index (χ4n) is 2.17. The van der Waals surface area contributed by atoms with Gasteiger partial charge in [-0.1, -0.05) is 42.3 Å². The molecule has 3 nitrogen and oxygen atoms in total. The summed E-state index contributed by atoms with van der Waals surface area (Å²) in [6.45, 7) is 4.78. The smallest absolute Gasteiger partial charge is 0.0780 e. The van der Waals surface area contributed by atoms with Gasteiger partial charge < -0.3 is 5.73 Å². The van der Waals surface area contributed by atoms with Gasteiger partial charge in [-0.25, -0.2) is 0 Å². The van der Waals surface area contributed by atoms with Crippen molar-refractivity contribution in [3.05, 3.63) is 58.1 Å². The molecule has 0 aliphatic rings. The van der Waals surface area contributed by atoms with Gasteiger partial charge >= 0.3 is 0 Å². The molecule has 0 saturated heterocycles. The predicted molar refractivity (Wildman–Crippen MR) is 97.2 cm³/mol. The van der Waals surface area contributed by atoms with Crippen LogP contribution in [-0.4, -0.2) is 12.3 Å². The van der Waals surface area contributed by atoms with E-state index in [1.165, 1.54) is 0 Å². The fraction of sp³-hybridized carbons (Fsp3) is 0.235. The number of hydrogen-bond donors (Lipinski definition) is 1. The van der Waals surface area contributed by atoms with Gasteiger partial charge in [-0.2, -0.15) is 5.10 Å². The van der Waals surface area contributed by atoms with Gasteiger partial charge in [-0.05, 0) is 43.7 Å². The van der Waals surface area contributed by atoms with Crippen molar-refractivity contribution in [2.45, 2.75) is 20.3 Å². The van der Waals surface area contributed by atoms with Gasteiger partial charge in [-0.15, -0.1) is 0 Å². The van der Waals surface area contributed by atoms with Gasteiger partial charge in [-0.3, -0.25) is 5.01 Å². The van der Waals surface area contributed by atoms with Crippen LogP contribution >= 0.6 is 23.2 Å². The summed E-state index contributed by atoms with van der Waals surface area (Å²) >= 11 is 12.3. The van der Waals surface area contributed by atoms with Crippen molar-refractivity contribution in [2.75, 3.05) is 17.3 Å². The van der Waals surface area contributed by atoms with Crippen LogP contribution in [0.1, 0.15) is 25.8 Å². The monoisotopic (exact) mass is 335 g/mol. The van der Waals surface area contributed by atoms with E-state index in [0.29, 0.717) is 15.7 Å². The molecule has 5 heteroatoms. The Hall–Kier alpha value is -1.71. The number of nitrogen functional groups attached to an aromatic ring is 1. The van der Waals surface area contributed by atoms with E-state index >= 15 is 0 Å². The summed E-state index contributed by atoms with van der Waals surface area (Å²) in [7, 11) is 0.